The van der Waals surface area contributed by atoms with E-state index in [-0.39, 0.29) is 18.2 Å². The molecule has 1 aliphatic heterocycles. The van der Waals surface area contributed by atoms with Gasteiger partial charge in [-0.1, -0.05) is 12.1 Å². The van der Waals surface area contributed by atoms with E-state index < -0.39 is 0 Å². The van der Waals surface area contributed by atoms with Crippen LogP contribution in [-0.2, 0) is 0 Å². The van der Waals surface area contributed by atoms with Crippen LogP contribution in [0, 0.1) is 12.7 Å². The van der Waals surface area contributed by atoms with E-state index in [0.717, 1.165) is 24.1 Å². The lowest BCUT2D eigenvalue weighted by atomic mass is 10.0. The molecule has 1 aromatic carbocycles. The van der Waals surface area contributed by atoms with Crippen LogP contribution in [0.1, 0.15) is 30.0 Å². The molecule has 0 spiro atoms. The lowest BCUT2D eigenvalue weighted by molar-refractivity contribution is 0.600. The largest absolute Gasteiger partial charge is 0.310 e. The monoisotopic (exact) mass is 215 g/mol. The number of halogens is 2. The predicted octanol–water partition coefficient (Wildman–Crippen LogP) is 2.98. The fourth-order valence-electron chi connectivity index (χ4n) is 1.79. The molecule has 0 saturated carbocycles. The second-order valence-corrected chi connectivity index (χ2v) is 3.66. The molecule has 0 radical (unpaired) electrons. The minimum atomic E-state index is -0.0915. The van der Waals surface area contributed by atoms with Crippen molar-refractivity contribution in [2.24, 2.45) is 0 Å². The van der Waals surface area contributed by atoms with Crippen LogP contribution >= 0.6 is 12.4 Å². The van der Waals surface area contributed by atoms with Crippen molar-refractivity contribution in [3.8, 4) is 0 Å². The maximum Gasteiger partial charge on any atom is 0.126 e. The molecule has 1 aromatic rings. The van der Waals surface area contributed by atoms with E-state index in [2.05, 4.69) is 5.32 Å². The van der Waals surface area contributed by atoms with Crippen LogP contribution in [0.5, 0.6) is 0 Å². The Balaban J connectivity index is 0.000000980. The first-order valence-corrected chi connectivity index (χ1v) is 4.77. The van der Waals surface area contributed by atoms with Gasteiger partial charge in [-0.15, -0.1) is 12.4 Å². The number of benzene rings is 1. The first-order chi connectivity index (χ1) is 6.27. The molecule has 1 saturated heterocycles. The van der Waals surface area contributed by atoms with E-state index in [4.69, 9.17) is 0 Å². The van der Waals surface area contributed by atoms with E-state index >= 15 is 0 Å². The fraction of sp³-hybridized carbons (Fsp3) is 0.455. The van der Waals surface area contributed by atoms with Crippen molar-refractivity contribution < 1.29 is 4.39 Å². The second kappa shape index (κ2) is 4.76. The van der Waals surface area contributed by atoms with Gasteiger partial charge in [0.2, 0.25) is 0 Å². The Kier molecular flexibility index (Phi) is 3.90. The molecule has 2 rings (SSSR count). The van der Waals surface area contributed by atoms with Crippen LogP contribution in [0.25, 0.3) is 0 Å². The van der Waals surface area contributed by atoms with Crippen molar-refractivity contribution in [3.63, 3.8) is 0 Å². The highest BCUT2D eigenvalue weighted by Crippen LogP contribution is 2.24. The summed E-state index contributed by atoms with van der Waals surface area (Å²) in [6.07, 6.45) is 2.32. The van der Waals surface area contributed by atoms with E-state index in [1.807, 2.05) is 12.1 Å². The molecule has 1 atom stereocenters. The van der Waals surface area contributed by atoms with Crippen molar-refractivity contribution in [1.82, 2.24) is 5.32 Å². The summed E-state index contributed by atoms with van der Waals surface area (Å²) >= 11 is 0. The number of hydrogen-bond acceptors (Lipinski definition) is 1. The van der Waals surface area contributed by atoms with Crippen molar-refractivity contribution in [2.45, 2.75) is 25.8 Å². The van der Waals surface area contributed by atoms with Gasteiger partial charge in [0.15, 0.2) is 0 Å². The minimum Gasteiger partial charge on any atom is -0.310 e. The Hall–Kier alpha value is -0.600. The summed E-state index contributed by atoms with van der Waals surface area (Å²) in [5.74, 6) is -0.0915. The summed E-state index contributed by atoms with van der Waals surface area (Å²) in [5, 5.41) is 3.35. The number of rotatable bonds is 1. The van der Waals surface area contributed by atoms with Crippen molar-refractivity contribution in [1.29, 1.82) is 0 Å². The van der Waals surface area contributed by atoms with Crippen LogP contribution in [0.15, 0.2) is 18.2 Å². The molecule has 78 valence electrons. The normalized spacial score (nSPS) is 20.6. The SMILES string of the molecule is Cc1ccc([C@@H]2CCCN2)cc1F.Cl. The summed E-state index contributed by atoms with van der Waals surface area (Å²) in [5.41, 5.74) is 1.81. The van der Waals surface area contributed by atoms with Gasteiger partial charge in [0.05, 0.1) is 0 Å². The summed E-state index contributed by atoms with van der Waals surface area (Å²) in [7, 11) is 0. The zero-order valence-corrected chi connectivity index (χ0v) is 9.03. The van der Waals surface area contributed by atoms with Gasteiger partial charge in [-0.25, -0.2) is 4.39 Å². The van der Waals surface area contributed by atoms with Gasteiger partial charge in [0, 0.05) is 6.04 Å². The molecule has 0 aliphatic carbocycles. The third-order valence-corrected chi connectivity index (χ3v) is 2.66. The molecule has 14 heavy (non-hydrogen) atoms. The van der Waals surface area contributed by atoms with Crippen molar-refractivity contribution >= 4 is 12.4 Å². The van der Waals surface area contributed by atoms with E-state index in [1.165, 1.54) is 6.42 Å². The highest BCUT2D eigenvalue weighted by Gasteiger charge is 2.16. The quantitative estimate of drug-likeness (QED) is 0.760. The zero-order chi connectivity index (χ0) is 9.26. The molecular weight excluding hydrogens is 201 g/mol. The Morgan fingerprint density at radius 2 is 2.21 bits per heavy atom. The molecule has 0 amide bonds. The predicted molar refractivity (Wildman–Crippen MR) is 58.4 cm³/mol. The Morgan fingerprint density at radius 1 is 1.43 bits per heavy atom. The van der Waals surface area contributed by atoms with Gasteiger partial charge < -0.3 is 5.32 Å². The van der Waals surface area contributed by atoms with Crippen molar-refractivity contribution in [3.05, 3.63) is 35.1 Å². The van der Waals surface area contributed by atoms with Crippen LogP contribution in [0.3, 0.4) is 0 Å². The molecule has 1 N–H and O–H groups in total. The maximum absolute atomic E-state index is 13.2. The van der Waals surface area contributed by atoms with Gasteiger partial charge >= 0.3 is 0 Å². The average molecular weight is 216 g/mol. The van der Waals surface area contributed by atoms with Crippen LogP contribution in [0.4, 0.5) is 4.39 Å². The van der Waals surface area contributed by atoms with E-state index in [9.17, 15) is 4.39 Å². The van der Waals surface area contributed by atoms with E-state index in [0.29, 0.717) is 6.04 Å². The first-order valence-electron chi connectivity index (χ1n) is 4.77. The summed E-state index contributed by atoms with van der Waals surface area (Å²) < 4.78 is 13.2. The van der Waals surface area contributed by atoms with Crippen LogP contribution in [-0.4, -0.2) is 6.54 Å². The molecule has 0 unspecified atom stereocenters. The molecule has 3 heteroatoms. The lowest BCUT2D eigenvalue weighted by Gasteiger charge is -2.10. The van der Waals surface area contributed by atoms with Gasteiger partial charge in [0.1, 0.15) is 5.82 Å². The number of aryl methyl sites for hydroxylation is 1. The second-order valence-electron chi connectivity index (χ2n) is 3.66. The Labute approximate surface area is 90.1 Å². The third-order valence-electron chi connectivity index (χ3n) is 2.66. The van der Waals surface area contributed by atoms with Crippen LogP contribution in [0.2, 0.25) is 0 Å². The summed E-state index contributed by atoms with van der Waals surface area (Å²) in [6.45, 7) is 2.85. The standard InChI is InChI=1S/C11H14FN.ClH/c1-8-4-5-9(7-10(8)12)11-3-2-6-13-11;/h4-5,7,11,13H,2-3,6H2,1H3;1H/t11-;/m0./s1. The average Bonchev–Trinajstić information content (AvgIpc) is 2.62. The molecule has 0 aromatic heterocycles. The van der Waals surface area contributed by atoms with Gasteiger partial charge in [0.25, 0.3) is 0 Å². The Bertz CT molecular complexity index is 308. The topological polar surface area (TPSA) is 12.0 Å². The third kappa shape index (κ3) is 2.25. The number of nitrogens with one attached hydrogen (secondary N) is 1. The van der Waals surface area contributed by atoms with Crippen molar-refractivity contribution in [2.75, 3.05) is 6.54 Å². The lowest BCUT2D eigenvalue weighted by Crippen LogP contribution is -2.12. The maximum atomic E-state index is 13.2. The Morgan fingerprint density at radius 3 is 2.79 bits per heavy atom. The van der Waals surface area contributed by atoms with Crippen LogP contribution < -0.4 is 5.32 Å². The van der Waals surface area contributed by atoms with Gasteiger partial charge in [-0.3, -0.25) is 0 Å². The van der Waals surface area contributed by atoms with Gasteiger partial charge in [-0.05, 0) is 43.5 Å². The molecule has 1 fully saturated rings. The van der Waals surface area contributed by atoms with E-state index in [1.54, 1.807) is 13.0 Å². The molecule has 0 bridgehead atoms. The molecule has 1 heterocycles. The highest BCUT2D eigenvalue weighted by molar-refractivity contribution is 5.85. The molecule has 1 aliphatic rings. The molecule has 1 nitrogen and oxygen atoms in total. The highest BCUT2D eigenvalue weighted by atomic mass is 35.5. The zero-order valence-electron chi connectivity index (χ0n) is 8.22. The first kappa shape index (κ1) is 11.5. The summed E-state index contributed by atoms with van der Waals surface area (Å²) in [6, 6.07) is 5.89. The van der Waals surface area contributed by atoms with Gasteiger partial charge in [-0.2, -0.15) is 0 Å². The molecular formula is C11H15ClFN. The fourth-order valence-corrected chi connectivity index (χ4v) is 1.79. The smallest absolute Gasteiger partial charge is 0.126 e. The minimum absolute atomic E-state index is 0. The summed E-state index contributed by atoms with van der Waals surface area (Å²) in [4.78, 5) is 0. The number of hydrogen-bond donors (Lipinski definition) is 1.